The Morgan fingerprint density at radius 2 is 1.68 bits per heavy atom. The highest BCUT2D eigenvalue weighted by atomic mass is 16.2. The van der Waals surface area contributed by atoms with Crippen LogP contribution in [0.1, 0.15) is 66.8 Å². The molecule has 1 atom stereocenters. The monoisotopic (exact) mass is 495 g/mol. The molecule has 1 aliphatic rings. The van der Waals surface area contributed by atoms with Gasteiger partial charge in [-0.05, 0) is 55.5 Å². The van der Waals surface area contributed by atoms with Crippen molar-refractivity contribution in [3.8, 4) is 11.3 Å². The number of carbonyl (C=O) groups excluding carboxylic acids is 2. The summed E-state index contributed by atoms with van der Waals surface area (Å²) in [6.07, 6.45) is 9.37. The van der Waals surface area contributed by atoms with Gasteiger partial charge in [0.15, 0.2) is 5.65 Å². The first kappa shape index (κ1) is 24.8. The third-order valence-electron chi connectivity index (χ3n) is 7.20. The molecule has 0 radical (unpaired) electrons. The summed E-state index contributed by atoms with van der Waals surface area (Å²) in [4.78, 5) is 36.6. The van der Waals surface area contributed by atoms with E-state index in [1.165, 1.54) is 12.8 Å². The normalized spacial score (nSPS) is 16.1. The first-order chi connectivity index (χ1) is 18.0. The van der Waals surface area contributed by atoms with Crippen molar-refractivity contribution in [2.45, 2.75) is 64.8 Å². The number of amides is 1. The SMILES string of the molecule is CCc1cc(C(=O)N2CCCCCC2C)nc2cc(-c3ccc(CC(=O)Cc4ccncc4)cc3)nn12. The number of hydrogen-bond acceptors (Lipinski definition) is 5. The molecule has 7 heteroatoms. The third kappa shape index (κ3) is 5.61. The second-order valence-corrected chi connectivity index (χ2v) is 9.93. The Labute approximate surface area is 217 Å². The minimum absolute atomic E-state index is 0.00938. The maximum absolute atomic E-state index is 13.4. The molecular weight excluding hydrogens is 462 g/mol. The fraction of sp³-hybridized carbons (Fsp3) is 0.367. The second kappa shape index (κ2) is 11.0. The summed E-state index contributed by atoms with van der Waals surface area (Å²) in [5.41, 5.74) is 5.82. The van der Waals surface area contributed by atoms with E-state index in [1.807, 2.05) is 57.9 Å². The topological polar surface area (TPSA) is 80.5 Å². The highest BCUT2D eigenvalue weighted by Crippen LogP contribution is 2.23. The van der Waals surface area contributed by atoms with Crippen LogP contribution in [-0.2, 0) is 24.1 Å². The standard InChI is InChI=1S/C30H33N5O2/c1-3-25-19-28(30(37)34-16-6-4-5-7-21(34)2)32-29-20-27(33-35(25)29)24-10-8-22(9-11-24)17-26(36)18-23-12-14-31-15-13-23/h8-15,19-21H,3-7,16-18H2,1-2H3. The van der Waals surface area contributed by atoms with Gasteiger partial charge in [0.05, 0.1) is 5.69 Å². The molecule has 1 unspecified atom stereocenters. The summed E-state index contributed by atoms with van der Waals surface area (Å²) >= 11 is 0. The lowest BCUT2D eigenvalue weighted by Gasteiger charge is -2.27. The molecule has 0 N–H and O–H groups in total. The van der Waals surface area contributed by atoms with Crippen LogP contribution in [0.5, 0.6) is 0 Å². The highest BCUT2D eigenvalue weighted by molar-refractivity contribution is 5.93. The molecule has 0 spiro atoms. The van der Waals surface area contributed by atoms with Gasteiger partial charge < -0.3 is 4.90 Å². The van der Waals surface area contributed by atoms with E-state index in [2.05, 4.69) is 18.8 Å². The number of benzene rings is 1. The van der Waals surface area contributed by atoms with Crippen LogP contribution < -0.4 is 0 Å². The van der Waals surface area contributed by atoms with Crippen LogP contribution in [0.2, 0.25) is 0 Å². The Bertz CT molecular complexity index is 1400. The zero-order valence-electron chi connectivity index (χ0n) is 21.6. The zero-order valence-corrected chi connectivity index (χ0v) is 21.6. The number of aromatic nitrogens is 4. The van der Waals surface area contributed by atoms with Crippen molar-refractivity contribution in [2.24, 2.45) is 0 Å². The van der Waals surface area contributed by atoms with Gasteiger partial charge >= 0.3 is 0 Å². The number of carbonyl (C=O) groups is 2. The molecule has 1 amide bonds. The molecular formula is C30H33N5O2. The summed E-state index contributed by atoms with van der Waals surface area (Å²) in [5, 5.41) is 4.80. The van der Waals surface area contributed by atoms with E-state index < -0.39 is 0 Å². The largest absolute Gasteiger partial charge is 0.335 e. The molecule has 1 saturated heterocycles. The number of aryl methyl sites for hydroxylation is 1. The Balaban J connectivity index is 1.35. The minimum Gasteiger partial charge on any atom is -0.335 e. The Morgan fingerprint density at radius 1 is 0.946 bits per heavy atom. The van der Waals surface area contributed by atoms with Gasteiger partial charge in [0.25, 0.3) is 5.91 Å². The Hall–Kier alpha value is -3.87. The quantitative estimate of drug-likeness (QED) is 0.356. The molecule has 3 aromatic heterocycles. The lowest BCUT2D eigenvalue weighted by atomic mass is 10.0. The van der Waals surface area contributed by atoms with Crippen LogP contribution in [0.25, 0.3) is 16.9 Å². The second-order valence-electron chi connectivity index (χ2n) is 9.93. The lowest BCUT2D eigenvalue weighted by molar-refractivity contribution is -0.117. The summed E-state index contributed by atoms with van der Waals surface area (Å²) in [7, 11) is 0. The smallest absolute Gasteiger partial charge is 0.272 e. The number of pyridine rings is 1. The van der Waals surface area contributed by atoms with Crippen molar-refractivity contribution in [2.75, 3.05) is 6.54 Å². The molecule has 37 heavy (non-hydrogen) atoms. The van der Waals surface area contributed by atoms with Crippen LogP contribution in [0, 0.1) is 0 Å². The van der Waals surface area contributed by atoms with Crippen molar-refractivity contribution >= 4 is 17.3 Å². The fourth-order valence-electron chi connectivity index (χ4n) is 5.07. The summed E-state index contributed by atoms with van der Waals surface area (Å²) in [6, 6.07) is 15.7. The first-order valence-electron chi connectivity index (χ1n) is 13.2. The molecule has 0 saturated carbocycles. The average molecular weight is 496 g/mol. The van der Waals surface area contributed by atoms with Crippen LogP contribution in [0.15, 0.2) is 60.9 Å². The average Bonchev–Trinajstić information content (AvgIpc) is 3.23. The van der Waals surface area contributed by atoms with E-state index in [0.29, 0.717) is 24.2 Å². The summed E-state index contributed by atoms with van der Waals surface area (Å²) < 4.78 is 1.84. The summed E-state index contributed by atoms with van der Waals surface area (Å²) in [6.45, 7) is 4.99. The van der Waals surface area contributed by atoms with E-state index in [0.717, 1.165) is 53.9 Å². The minimum atomic E-state index is 0.00938. The maximum Gasteiger partial charge on any atom is 0.272 e. The number of likely N-dealkylation sites (tertiary alicyclic amines) is 1. The number of rotatable bonds is 7. The number of fused-ring (bicyclic) bond motifs is 1. The van der Waals surface area contributed by atoms with E-state index in [-0.39, 0.29) is 17.7 Å². The molecule has 7 nitrogen and oxygen atoms in total. The van der Waals surface area contributed by atoms with E-state index >= 15 is 0 Å². The highest BCUT2D eigenvalue weighted by Gasteiger charge is 2.25. The molecule has 1 aliphatic heterocycles. The van der Waals surface area contributed by atoms with E-state index in [4.69, 9.17) is 10.1 Å². The van der Waals surface area contributed by atoms with Gasteiger partial charge in [0.1, 0.15) is 11.5 Å². The van der Waals surface area contributed by atoms with Crippen LogP contribution in [-0.4, -0.2) is 48.8 Å². The molecule has 1 aromatic carbocycles. The van der Waals surface area contributed by atoms with Gasteiger partial charge in [-0.2, -0.15) is 5.10 Å². The predicted octanol–water partition coefficient (Wildman–Crippen LogP) is 5.11. The number of hydrogen-bond donors (Lipinski definition) is 0. The molecule has 5 rings (SSSR count). The lowest BCUT2D eigenvalue weighted by Crippen LogP contribution is -2.38. The maximum atomic E-state index is 13.4. The van der Waals surface area contributed by atoms with Crippen molar-refractivity contribution in [1.82, 2.24) is 24.5 Å². The van der Waals surface area contributed by atoms with Crippen molar-refractivity contribution in [3.05, 3.63) is 83.4 Å². The predicted molar refractivity (Wildman–Crippen MR) is 143 cm³/mol. The van der Waals surface area contributed by atoms with Gasteiger partial charge in [0, 0.05) is 55.1 Å². The van der Waals surface area contributed by atoms with Crippen molar-refractivity contribution < 1.29 is 9.59 Å². The van der Waals surface area contributed by atoms with Crippen molar-refractivity contribution in [1.29, 1.82) is 0 Å². The number of Topliss-reactive ketones (excluding diaryl/α,β-unsaturated/α-hetero) is 1. The molecule has 190 valence electrons. The van der Waals surface area contributed by atoms with Crippen LogP contribution >= 0.6 is 0 Å². The zero-order chi connectivity index (χ0) is 25.8. The molecule has 0 aliphatic carbocycles. The van der Waals surface area contributed by atoms with Gasteiger partial charge in [-0.1, -0.05) is 44.0 Å². The fourth-order valence-corrected chi connectivity index (χ4v) is 5.07. The van der Waals surface area contributed by atoms with E-state index in [1.54, 1.807) is 12.4 Å². The van der Waals surface area contributed by atoms with Gasteiger partial charge in [-0.3, -0.25) is 14.6 Å². The van der Waals surface area contributed by atoms with Crippen LogP contribution in [0.4, 0.5) is 0 Å². The molecule has 0 bridgehead atoms. The molecule has 4 heterocycles. The first-order valence-corrected chi connectivity index (χ1v) is 13.2. The van der Waals surface area contributed by atoms with Gasteiger partial charge in [-0.15, -0.1) is 0 Å². The number of ketones is 1. The summed E-state index contributed by atoms with van der Waals surface area (Å²) in [5.74, 6) is 0.175. The Kier molecular flexibility index (Phi) is 7.40. The molecule has 1 fully saturated rings. The Morgan fingerprint density at radius 3 is 2.41 bits per heavy atom. The third-order valence-corrected chi connectivity index (χ3v) is 7.20. The van der Waals surface area contributed by atoms with Gasteiger partial charge in [0.2, 0.25) is 0 Å². The van der Waals surface area contributed by atoms with Gasteiger partial charge in [-0.25, -0.2) is 9.50 Å². The number of nitrogens with zero attached hydrogens (tertiary/aromatic N) is 5. The van der Waals surface area contributed by atoms with E-state index in [9.17, 15) is 9.59 Å². The van der Waals surface area contributed by atoms with Crippen molar-refractivity contribution in [3.63, 3.8) is 0 Å². The molecule has 4 aromatic rings. The van der Waals surface area contributed by atoms with Crippen LogP contribution in [0.3, 0.4) is 0 Å².